The second kappa shape index (κ2) is 16.3. The van der Waals surface area contributed by atoms with E-state index in [2.05, 4.69) is 5.37 Å². The van der Waals surface area contributed by atoms with Crippen LogP contribution in [-0.4, -0.2) is 37.1 Å². The Bertz CT molecular complexity index is 338. The zero-order valence-corrected chi connectivity index (χ0v) is 16.9. The molecule has 104 valence electrons. The third-order valence-corrected chi connectivity index (χ3v) is 4.36. The first-order chi connectivity index (χ1) is 9.13. The average molecular weight is 503 g/mol. The van der Waals surface area contributed by atoms with Crippen molar-refractivity contribution in [3.63, 3.8) is 0 Å². The Morgan fingerprint density at radius 3 is 1.25 bits per heavy atom. The normalized spacial score (nSPS) is 7.70. The molecule has 0 amide bonds. The van der Waals surface area contributed by atoms with Gasteiger partial charge in [0, 0.05) is 0 Å². The van der Waals surface area contributed by atoms with E-state index in [9.17, 15) is 9.59 Å². The van der Waals surface area contributed by atoms with Crippen molar-refractivity contribution in [3.05, 3.63) is 60.7 Å². The molecule has 2 aromatic rings. The van der Waals surface area contributed by atoms with Crippen LogP contribution in [0.25, 0.3) is 0 Å². The molecule has 0 atom stereocenters. The van der Waals surface area contributed by atoms with Gasteiger partial charge in [-0.2, -0.15) is 36.4 Å². The Kier molecular flexibility index (Phi) is 17.6. The summed E-state index contributed by atoms with van der Waals surface area (Å²) in [4.78, 5) is 20.1. The van der Waals surface area contributed by atoms with Crippen molar-refractivity contribution >= 4 is 37.1 Å². The van der Waals surface area contributed by atoms with Crippen LogP contribution in [0.1, 0.15) is 13.8 Å². The van der Waals surface area contributed by atoms with Crippen LogP contribution < -0.4 is 0 Å². The molecule has 0 spiro atoms. The third-order valence-electron chi connectivity index (χ3n) is 1.48. The maximum atomic E-state index is 10.1. The Morgan fingerprint density at radius 2 is 1.10 bits per heavy atom. The maximum absolute atomic E-state index is 10.1. The minimum atomic E-state index is -1.82. The van der Waals surface area contributed by atoms with Gasteiger partial charge in [0.1, 0.15) is 0 Å². The molecule has 6 heteroatoms. The van der Waals surface area contributed by atoms with Crippen molar-refractivity contribution in [2.24, 2.45) is 0 Å². The van der Waals surface area contributed by atoms with Crippen molar-refractivity contribution in [3.8, 4) is 0 Å². The first kappa shape index (κ1) is 21.6. The number of hydrogen-bond acceptors (Lipinski definition) is 4. The number of rotatable bonds is 2. The van der Waals surface area contributed by atoms with Crippen LogP contribution >= 0.6 is 0 Å². The van der Waals surface area contributed by atoms with Crippen LogP contribution in [0.5, 0.6) is 0 Å². The summed E-state index contributed by atoms with van der Waals surface area (Å²) < 4.78 is 8.93. The minimum absolute atomic E-state index is 0. The first-order valence-electron chi connectivity index (χ1n) is 5.56. The van der Waals surface area contributed by atoms with Crippen molar-refractivity contribution < 1.29 is 36.7 Å². The Labute approximate surface area is 147 Å². The molecule has 0 bridgehead atoms. The van der Waals surface area contributed by atoms with E-state index in [4.69, 9.17) is 0 Å². The fraction of sp³-hybridized carbons (Fsp3) is 0.143. The molecule has 0 aromatic heterocycles. The van der Waals surface area contributed by atoms with Crippen molar-refractivity contribution in [1.29, 1.82) is 0 Å². The van der Waals surface area contributed by atoms with Crippen LogP contribution in [0.3, 0.4) is 0 Å². The summed E-state index contributed by atoms with van der Waals surface area (Å²) in [7, 11) is 0. The summed E-state index contributed by atoms with van der Waals surface area (Å²) >= 11 is -1.82. The summed E-state index contributed by atoms with van der Waals surface area (Å²) in [5.74, 6) is -0.751. The SMILES string of the molecule is CC(=O)[O][Pb][O]C(C)=O.[Ti+2].c1cc[cH-]c1.c1cc[cH-]c1. The second-order valence-corrected chi connectivity index (χ2v) is 5.43. The van der Waals surface area contributed by atoms with E-state index in [1.165, 1.54) is 13.8 Å². The molecule has 0 saturated carbocycles. The molecule has 0 heterocycles. The van der Waals surface area contributed by atoms with E-state index >= 15 is 0 Å². The minimum Gasteiger partial charge on any atom is -0.214 e. The van der Waals surface area contributed by atoms with Gasteiger partial charge in [0.05, 0.1) is 0 Å². The first-order valence-corrected chi connectivity index (χ1v) is 8.73. The zero-order chi connectivity index (χ0) is 14.3. The van der Waals surface area contributed by atoms with Gasteiger partial charge in [0.25, 0.3) is 0 Å². The molecule has 2 aromatic carbocycles. The second-order valence-electron chi connectivity index (χ2n) is 3.20. The van der Waals surface area contributed by atoms with E-state index in [1.54, 1.807) is 0 Å². The van der Waals surface area contributed by atoms with Gasteiger partial charge in [-0.05, 0) is 0 Å². The van der Waals surface area contributed by atoms with Gasteiger partial charge in [0.2, 0.25) is 0 Å². The molecule has 0 aliphatic rings. The molecule has 4 nitrogen and oxygen atoms in total. The number of carbonyl (C=O) groups excluding carboxylic acids is 2. The third kappa shape index (κ3) is 19.6. The molecule has 0 aliphatic carbocycles. The molecule has 20 heavy (non-hydrogen) atoms. The molecule has 0 fully saturated rings. The molecule has 0 aliphatic heterocycles. The maximum Gasteiger partial charge on any atom is 2.00 e. The van der Waals surface area contributed by atoms with Crippen LogP contribution in [0.2, 0.25) is 0 Å². The summed E-state index contributed by atoms with van der Waals surface area (Å²) in [5.41, 5.74) is 0. The molecule has 0 unspecified atom stereocenters. The monoisotopic (exact) mass is 504 g/mol. The fourth-order valence-electron chi connectivity index (χ4n) is 0.780. The van der Waals surface area contributed by atoms with Crippen LogP contribution in [0.4, 0.5) is 0 Å². The van der Waals surface area contributed by atoms with Gasteiger partial charge in [-0.25, -0.2) is 24.3 Å². The predicted octanol–water partition coefficient (Wildman–Crippen LogP) is 2.46. The standard InChI is InChI=1S/2C5H5.2C2H4O2.Pb.Ti/c2*1-2-4-5-3-1;2*1-2(3)4;;/h2*1-5H;2*1H3,(H,3,4);;/q2*-1;;;2*+2/p-2. The number of hydrogen-bond donors (Lipinski definition) is 0. The predicted molar refractivity (Wildman–Crippen MR) is 73.4 cm³/mol. The van der Waals surface area contributed by atoms with Crippen LogP contribution in [0, 0.1) is 0 Å². The molecule has 2 radical (unpaired) electrons. The molecule has 2 rings (SSSR count). The van der Waals surface area contributed by atoms with Gasteiger partial charge in [-0.3, -0.25) is 0 Å². The van der Waals surface area contributed by atoms with E-state index in [1.807, 2.05) is 60.7 Å². The smallest absolute Gasteiger partial charge is 0.214 e. The Morgan fingerprint density at radius 1 is 0.800 bits per heavy atom. The number of carbonyl (C=O) groups is 2. The van der Waals surface area contributed by atoms with E-state index in [0.717, 1.165) is 0 Å². The van der Waals surface area contributed by atoms with Crippen molar-refractivity contribution in [2.75, 3.05) is 0 Å². The van der Waals surface area contributed by atoms with Crippen LogP contribution in [-0.2, 0) is 36.7 Å². The van der Waals surface area contributed by atoms with E-state index in [-0.39, 0.29) is 33.7 Å². The molecular weight excluding hydrogens is 487 g/mol. The van der Waals surface area contributed by atoms with Crippen LogP contribution in [0.15, 0.2) is 60.7 Å². The topological polar surface area (TPSA) is 52.6 Å². The van der Waals surface area contributed by atoms with Crippen molar-refractivity contribution in [1.82, 2.24) is 0 Å². The largest absolute Gasteiger partial charge is 2.00 e. The Hall–Kier alpha value is -0.724. The average Bonchev–Trinajstić information content (AvgIpc) is 3.08. The molecule has 0 N–H and O–H groups in total. The van der Waals surface area contributed by atoms with E-state index in [0.29, 0.717) is 0 Å². The summed E-state index contributed by atoms with van der Waals surface area (Å²) in [5, 5.41) is 0. The summed E-state index contributed by atoms with van der Waals surface area (Å²) in [6.45, 7) is 2.58. The molecular formula is C14H16O4PbTi. The molecule has 0 saturated heterocycles. The van der Waals surface area contributed by atoms with Gasteiger partial charge >= 0.3 is 87.6 Å². The van der Waals surface area contributed by atoms with Gasteiger partial charge in [-0.15, -0.1) is 0 Å². The van der Waals surface area contributed by atoms with Gasteiger partial charge < -0.3 is 0 Å². The van der Waals surface area contributed by atoms with Gasteiger partial charge in [-0.1, -0.05) is 0 Å². The zero-order valence-electron chi connectivity index (χ0n) is 11.4. The van der Waals surface area contributed by atoms with Gasteiger partial charge in [0.15, 0.2) is 0 Å². The summed E-state index contributed by atoms with van der Waals surface area (Å²) in [6.07, 6.45) is 0. The van der Waals surface area contributed by atoms with Crippen molar-refractivity contribution in [2.45, 2.75) is 13.8 Å². The quantitative estimate of drug-likeness (QED) is 0.467. The Balaban J connectivity index is 0. The summed E-state index contributed by atoms with van der Waals surface area (Å²) in [6, 6.07) is 20.0. The van der Waals surface area contributed by atoms with E-state index < -0.39 is 25.1 Å². The fourth-order valence-corrected chi connectivity index (χ4v) is 1.85.